The Labute approximate surface area is 110 Å². The average molecular weight is 261 g/mol. The summed E-state index contributed by atoms with van der Waals surface area (Å²) in [5.41, 5.74) is 0. The lowest BCUT2D eigenvalue weighted by molar-refractivity contribution is 0.530. The van der Waals surface area contributed by atoms with Crippen molar-refractivity contribution in [2.75, 3.05) is 12.4 Å². The Bertz CT molecular complexity index is 523. The van der Waals surface area contributed by atoms with Crippen LogP contribution in [-0.4, -0.2) is 17.0 Å². The Hall–Kier alpha value is -1.49. The number of hydrogen-bond acceptors (Lipinski definition) is 5. The van der Waals surface area contributed by atoms with Crippen LogP contribution in [-0.2, 0) is 5.75 Å². The number of aromatic nitrogens is 2. The highest BCUT2D eigenvalue weighted by molar-refractivity contribution is 7.98. The molecule has 0 saturated heterocycles. The van der Waals surface area contributed by atoms with E-state index in [1.165, 1.54) is 12.8 Å². The second kappa shape index (κ2) is 5.02. The molecule has 0 unspecified atom stereocenters. The van der Waals surface area contributed by atoms with E-state index < -0.39 is 0 Å². The molecule has 18 heavy (non-hydrogen) atoms. The molecule has 1 fully saturated rings. The van der Waals surface area contributed by atoms with Crippen molar-refractivity contribution in [3.05, 3.63) is 36.0 Å². The number of nitrogens with one attached hydrogen (secondary N) is 1. The molecule has 1 N–H and O–H groups in total. The first-order valence-corrected chi connectivity index (χ1v) is 7.05. The summed E-state index contributed by atoms with van der Waals surface area (Å²) in [7, 11) is 1.89. The molecular formula is C13H15N3OS. The van der Waals surface area contributed by atoms with Gasteiger partial charge in [-0.2, -0.15) is 0 Å². The summed E-state index contributed by atoms with van der Waals surface area (Å²) in [6.07, 6.45) is 4.13. The van der Waals surface area contributed by atoms with E-state index in [1.807, 2.05) is 25.2 Å². The molecule has 2 aromatic rings. The highest BCUT2D eigenvalue weighted by atomic mass is 32.2. The van der Waals surface area contributed by atoms with Crippen molar-refractivity contribution in [3.8, 4) is 0 Å². The Morgan fingerprint density at radius 3 is 3.00 bits per heavy atom. The van der Waals surface area contributed by atoms with Crippen LogP contribution in [0.15, 0.2) is 33.9 Å². The van der Waals surface area contributed by atoms with Crippen LogP contribution in [0.5, 0.6) is 0 Å². The van der Waals surface area contributed by atoms with Crippen LogP contribution < -0.4 is 5.32 Å². The smallest absolute Gasteiger partial charge is 0.135 e. The van der Waals surface area contributed by atoms with Crippen molar-refractivity contribution in [3.63, 3.8) is 0 Å². The van der Waals surface area contributed by atoms with Crippen LogP contribution in [0.1, 0.15) is 30.3 Å². The van der Waals surface area contributed by atoms with Gasteiger partial charge in [0.1, 0.15) is 22.4 Å². The molecule has 1 saturated carbocycles. The first-order chi connectivity index (χ1) is 8.85. The molecule has 0 aromatic carbocycles. The average Bonchev–Trinajstić information content (AvgIpc) is 3.13. The summed E-state index contributed by atoms with van der Waals surface area (Å²) in [5.74, 6) is 4.22. The minimum absolute atomic E-state index is 0.571. The molecule has 1 aliphatic rings. The van der Waals surface area contributed by atoms with Crippen LogP contribution in [0, 0.1) is 0 Å². The third-order valence-corrected chi connectivity index (χ3v) is 3.79. The lowest BCUT2D eigenvalue weighted by Gasteiger charge is -2.06. The molecular weight excluding hydrogens is 246 g/mol. The van der Waals surface area contributed by atoms with E-state index in [-0.39, 0.29) is 0 Å². The number of furan rings is 1. The summed E-state index contributed by atoms with van der Waals surface area (Å²) in [5, 5.41) is 4.10. The molecule has 2 aromatic heterocycles. The molecule has 4 nitrogen and oxygen atoms in total. The molecule has 0 bridgehead atoms. The van der Waals surface area contributed by atoms with Gasteiger partial charge in [0, 0.05) is 19.0 Å². The van der Waals surface area contributed by atoms with Gasteiger partial charge < -0.3 is 9.73 Å². The van der Waals surface area contributed by atoms with Crippen molar-refractivity contribution in [1.29, 1.82) is 0 Å². The molecule has 0 aliphatic heterocycles. The van der Waals surface area contributed by atoms with E-state index in [4.69, 9.17) is 4.42 Å². The Kier molecular flexibility index (Phi) is 3.23. The molecule has 5 heteroatoms. The maximum Gasteiger partial charge on any atom is 0.135 e. The summed E-state index contributed by atoms with van der Waals surface area (Å²) in [6, 6.07) is 5.87. The maximum atomic E-state index is 5.32. The van der Waals surface area contributed by atoms with Crippen molar-refractivity contribution in [1.82, 2.24) is 9.97 Å². The molecule has 3 rings (SSSR count). The van der Waals surface area contributed by atoms with E-state index in [0.717, 1.165) is 28.2 Å². The van der Waals surface area contributed by atoms with Crippen molar-refractivity contribution >= 4 is 17.6 Å². The standard InChI is InChI=1S/C13H15N3OS/c1-14-11-7-12(16-13(15-11)9-4-5-9)18-8-10-3-2-6-17-10/h2-3,6-7,9H,4-5,8H2,1H3,(H,14,15,16). The number of rotatable bonds is 5. The lowest BCUT2D eigenvalue weighted by atomic mass is 10.4. The van der Waals surface area contributed by atoms with Gasteiger partial charge in [-0.1, -0.05) is 11.8 Å². The summed E-state index contributed by atoms with van der Waals surface area (Å²) < 4.78 is 5.32. The monoisotopic (exact) mass is 261 g/mol. The van der Waals surface area contributed by atoms with Gasteiger partial charge >= 0.3 is 0 Å². The number of anilines is 1. The van der Waals surface area contributed by atoms with Crippen molar-refractivity contribution < 1.29 is 4.42 Å². The van der Waals surface area contributed by atoms with Gasteiger partial charge in [-0.05, 0) is 25.0 Å². The van der Waals surface area contributed by atoms with Crippen LogP contribution in [0.4, 0.5) is 5.82 Å². The molecule has 0 spiro atoms. The summed E-state index contributed by atoms with van der Waals surface area (Å²) >= 11 is 1.68. The Morgan fingerprint density at radius 1 is 1.44 bits per heavy atom. The quantitative estimate of drug-likeness (QED) is 0.661. The predicted molar refractivity (Wildman–Crippen MR) is 71.8 cm³/mol. The van der Waals surface area contributed by atoms with Crippen LogP contribution >= 0.6 is 11.8 Å². The zero-order chi connectivity index (χ0) is 12.4. The Morgan fingerprint density at radius 2 is 2.33 bits per heavy atom. The first-order valence-electron chi connectivity index (χ1n) is 6.07. The van der Waals surface area contributed by atoms with E-state index in [0.29, 0.717) is 5.92 Å². The van der Waals surface area contributed by atoms with Crippen LogP contribution in [0.2, 0.25) is 0 Å². The number of thioether (sulfide) groups is 1. The highest BCUT2D eigenvalue weighted by Gasteiger charge is 2.27. The van der Waals surface area contributed by atoms with Crippen molar-refractivity contribution in [2.45, 2.75) is 29.5 Å². The molecule has 2 heterocycles. The van der Waals surface area contributed by atoms with Gasteiger partial charge in [0.05, 0.1) is 12.0 Å². The third kappa shape index (κ3) is 2.67. The molecule has 1 aliphatic carbocycles. The summed E-state index contributed by atoms with van der Waals surface area (Å²) in [4.78, 5) is 9.11. The maximum absolute atomic E-state index is 5.32. The zero-order valence-corrected chi connectivity index (χ0v) is 11.0. The SMILES string of the molecule is CNc1cc(SCc2ccco2)nc(C2CC2)n1. The topological polar surface area (TPSA) is 51.0 Å². The fourth-order valence-electron chi connectivity index (χ4n) is 1.71. The minimum Gasteiger partial charge on any atom is -0.468 e. The van der Waals surface area contributed by atoms with E-state index >= 15 is 0 Å². The van der Waals surface area contributed by atoms with Gasteiger partial charge in [0.25, 0.3) is 0 Å². The van der Waals surface area contributed by atoms with Gasteiger partial charge in [0.15, 0.2) is 0 Å². The van der Waals surface area contributed by atoms with Gasteiger partial charge in [-0.25, -0.2) is 9.97 Å². The normalized spacial score (nSPS) is 14.7. The van der Waals surface area contributed by atoms with E-state index in [1.54, 1.807) is 18.0 Å². The van der Waals surface area contributed by atoms with Gasteiger partial charge in [-0.15, -0.1) is 0 Å². The second-order valence-electron chi connectivity index (χ2n) is 4.34. The fraction of sp³-hybridized carbons (Fsp3) is 0.385. The van der Waals surface area contributed by atoms with Crippen LogP contribution in [0.25, 0.3) is 0 Å². The van der Waals surface area contributed by atoms with Gasteiger partial charge in [0.2, 0.25) is 0 Å². The summed E-state index contributed by atoms with van der Waals surface area (Å²) in [6.45, 7) is 0. The molecule has 0 radical (unpaired) electrons. The molecule has 0 amide bonds. The van der Waals surface area contributed by atoms with Crippen LogP contribution in [0.3, 0.4) is 0 Å². The Balaban J connectivity index is 1.75. The van der Waals surface area contributed by atoms with E-state index in [2.05, 4.69) is 15.3 Å². The number of hydrogen-bond donors (Lipinski definition) is 1. The number of nitrogens with zero attached hydrogens (tertiary/aromatic N) is 2. The minimum atomic E-state index is 0.571. The second-order valence-corrected chi connectivity index (χ2v) is 5.34. The fourth-order valence-corrected chi connectivity index (χ4v) is 2.52. The zero-order valence-electron chi connectivity index (χ0n) is 10.2. The first kappa shape index (κ1) is 11.6. The highest BCUT2D eigenvalue weighted by Crippen LogP contribution is 2.39. The molecule has 0 atom stereocenters. The molecule has 94 valence electrons. The van der Waals surface area contributed by atoms with Crippen molar-refractivity contribution in [2.24, 2.45) is 0 Å². The predicted octanol–water partition coefficient (Wildman–Crippen LogP) is 3.28. The van der Waals surface area contributed by atoms with E-state index in [9.17, 15) is 0 Å². The largest absolute Gasteiger partial charge is 0.468 e. The van der Waals surface area contributed by atoms with Gasteiger partial charge in [-0.3, -0.25) is 0 Å². The third-order valence-electron chi connectivity index (χ3n) is 2.86. The lowest BCUT2D eigenvalue weighted by Crippen LogP contribution is -2.00.